The van der Waals surface area contributed by atoms with E-state index in [2.05, 4.69) is 10.3 Å². The molecule has 0 spiro atoms. The lowest BCUT2D eigenvalue weighted by atomic mass is 10.4. The average molecular weight is 269 g/mol. The molecule has 0 aromatic carbocycles. The summed E-state index contributed by atoms with van der Waals surface area (Å²) in [5.74, 6) is -0.179. The lowest BCUT2D eigenvalue weighted by Crippen LogP contribution is -2.32. The number of amides is 1. The largest absolute Gasteiger partial charge is 0.465 e. The van der Waals surface area contributed by atoms with Crippen molar-refractivity contribution < 1.29 is 9.53 Å². The minimum absolute atomic E-state index is 0.179. The van der Waals surface area contributed by atoms with Crippen LogP contribution >= 0.6 is 11.3 Å². The Morgan fingerprint density at radius 3 is 2.89 bits per heavy atom. The van der Waals surface area contributed by atoms with Gasteiger partial charge in [-0.2, -0.15) is 0 Å². The van der Waals surface area contributed by atoms with Crippen LogP contribution in [0.5, 0.6) is 0 Å². The SMILES string of the molecule is CCOC(=NCCN(C)C)NC(=O)c1cccs1. The fourth-order valence-corrected chi connectivity index (χ4v) is 1.79. The van der Waals surface area contributed by atoms with E-state index in [9.17, 15) is 4.79 Å². The Balaban J connectivity index is 2.54. The molecule has 1 heterocycles. The number of aliphatic imine (C=N–C) groups is 1. The topological polar surface area (TPSA) is 53.9 Å². The summed E-state index contributed by atoms with van der Waals surface area (Å²) in [6.45, 7) is 3.74. The zero-order valence-corrected chi connectivity index (χ0v) is 11.8. The van der Waals surface area contributed by atoms with Gasteiger partial charge in [0.2, 0.25) is 0 Å². The summed E-state index contributed by atoms with van der Waals surface area (Å²) in [5.41, 5.74) is 0. The number of likely N-dealkylation sites (N-methyl/N-ethyl adjacent to an activating group) is 1. The quantitative estimate of drug-likeness (QED) is 0.650. The van der Waals surface area contributed by atoms with Crippen molar-refractivity contribution in [3.63, 3.8) is 0 Å². The van der Waals surface area contributed by atoms with E-state index >= 15 is 0 Å². The van der Waals surface area contributed by atoms with Crippen molar-refractivity contribution in [2.75, 3.05) is 33.8 Å². The molecule has 0 saturated heterocycles. The minimum atomic E-state index is -0.179. The number of nitrogens with one attached hydrogen (secondary N) is 1. The van der Waals surface area contributed by atoms with E-state index in [4.69, 9.17) is 4.74 Å². The fourth-order valence-electron chi connectivity index (χ4n) is 1.18. The maximum Gasteiger partial charge on any atom is 0.291 e. The predicted molar refractivity (Wildman–Crippen MR) is 74.3 cm³/mol. The lowest BCUT2D eigenvalue weighted by Gasteiger charge is -2.10. The van der Waals surface area contributed by atoms with E-state index in [1.165, 1.54) is 11.3 Å². The zero-order chi connectivity index (χ0) is 13.4. The molecule has 1 aromatic heterocycles. The number of amidine groups is 1. The molecule has 5 nitrogen and oxygen atoms in total. The molecule has 1 N–H and O–H groups in total. The molecule has 1 amide bonds. The van der Waals surface area contributed by atoms with E-state index in [0.29, 0.717) is 18.0 Å². The molecule has 0 unspecified atom stereocenters. The Kier molecular flexibility index (Phi) is 6.38. The van der Waals surface area contributed by atoms with Crippen LogP contribution in [0.4, 0.5) is 0 Å². The van der Waals surface area contributed by atoms with Gasteiger partial charge in [-0.3, -0.25) is 10.1 Å². The van der Waals surface area contributed by atoms with Gasteiger partial charge in [0.1, 0.15) is 0 Å². The van der Waals surface area contributed by atoms with Crippen molar-refractivity contribution >= 4 is 23.3 Å². The van der Waals surface area contributed by atoms with Crippen LogP contribution in [-0.4, -0.2) is 50.6 Å². The summed E-state index contributed by atoms with van der Waals surface area (Å²) >= 11 is 1.39. The third kappa shape index (κ3) is 5.29. The van der Waals surface area contributed by atoms with Gasteiger partial charge in [0.25, 0.3) is 11.9 Å². The van der Waals surface area contributed by atoms with Gasteiger partial charge in [0.15, 0.2) is 0 Å². The van der Waals surface area contributed by atoms with Gasteiger partial charge in [-0.1, -0.05) is 6.07 Å². The van der Waals surface area contributed by atoms with E-state index < -0.39 is 0 Å². The van der Waals surface area contributed by atoms with Gasteiger partial charge in [-0.05, 0) is 32.5 Å². The normalized spacial score (nSPS) is 11.7. The average Bonchev–Trinajstić information content (AvgIpc) is 2.82. The standard InChI is InChI=1S/C12H19N3O2S/c1-4-17-12(13-7-8-15(2)3)14-11(16)10-6-5-9-18-10/h5-6,9H,4,7-8H2,1-3H3,(H,13,14,16). The monoisotopic (exact) mass is 269 g/mol. The first-order valence-corrected chi connectivity index (χ1v) is 6.68. The van der Waals surface area contributed by atoms with Crippen LogP contribution in [0.3, 0.4) is 0 Å². The predicted octanol–water partition coefficient (Wildman–Crippen LogP) is 1.43. The molecule has 0 bridgehead atoms. The van der Waals surface area contributed by atoms with Gasteiger partial charge in [0, 0.05) is 6.54 Å². The summed E-state index contributed by atoms with van der Waals surface area (Å²) in [4.78, 5) is 18.7. The van der Waals surface area contributed by atoms with Gasteiger partial charge in [-0.15, -0.1) is 11.3 Å². The van der Waals surface area contributed by atoms with Crippen LogP contribution in [0.25, 0.3) is 0 Å². The van der Waals surface area contributed by atoms with Crippen LogP contribution in [0.15, 0.2) is 22.5 Å². The van der Waals surface area contributed by atoms with Gasteiger partial charge >= 0.3 is 0 Å². The van der Waals surface area contributed by atoms with Gasteiger partial charge < -0.3 is 9.64 Å². The first kappa shape index (κ1) is 14.7. The molecule has 1 rings (SSSR count). The van der Waals surface area contributed by atoms with E-state index in [1.807, 2.05) is 37.4 Å². The molecule has 0 aliphatic rings. The van der Waals surface area contributed by atoms with Gasteiger partial charge in [0.05, 0.1) is 18.0 Å². The molecule has 18 heavy (non-hydrogen) atoms. The Labute approximate surface area is 111 Å². The number of nitrogens with zero attached hydrogens (tertiary/aromatic N) is 2. The molecule has 0 saturated carbocycles. The lowest BCUT2D eigenvalue weighted by molar-refractivity contribution is 0.0970. The van der Waals surface area contributed by atoms with Crippen LogP contribution in [-0.2, 0) is 4.74 Å². The Hall–Kier alpha value is -1.40. The molecular formula is C12H19N3O2S. The first-order chi connectivity index (χ1) is 8.63. The molecule has 0 atom stereocenters. The highest BCUT2D eigenvalue weighted by Gasteiger charge is 2.10. The maximum absolute atomic E-state index is 11.8. The van der Waals surface area contributed by atoms with Crippen molar-refractivity contribution in [1.29, 1.82) is 0 Å². The summed E-state index contributed by atoms with van der Waals surface area (Å²) in [6.07, 6.45) is 0. The molecule has 0 radical (unpaired) electrons. The summed E-state index contributed by atoms with van der Waals surface area (Å²) in [5, 5.41) is 4.53. The highest BCUT2D eigenvalue weighted by Crippen LogP contribution is 2.07. The number of ether oxygens (including phenoxy) is 1. The molecular weight excluding hydrogens is 250 g/mol. The summed E-state index contributed by atoms with van der Waals surface area (Å²) in [6, 6.07) is 3.89. The van der Waals surface area contributed by atoms with E-state index in [1.54, 1.807) is 6.07 Å². The fraction of sp³-hybridized carbons (Fsp3) is 0.500. The number of carbonyl (C=O) groups is 1. The molecule has 0 aliphatic carbocycles. The smallest absolute Gasteiger partial charge is 0.291 e. The van der Waals surface area contributed by atoms with Crippen molar-refractivity contribution in [3.8, 4) is 0 Å². The van der Waals surface area contributed by atoms with Crippen LogP contribution < -0.4 is 5.32 Å². The number of carbonyl (C=O) groups excluding carboxylic acids is 1. The molecule has 6 heteroatoms. The second kappa shape index (κ2) is 7.84. The molecule has 1 aromatic rings. The van der Waals surface area contributed by atoms with Crippen LogP contribution in [0.1, 0.15) is 16.6 Å². The van der Waals surface area contributed by atoms with Gasteiger partial charge in [-0.25, -0.2) is 4.99 Å². The third-order valence-electron chi connectivity index (χ3n) is 2.05. The van der Waals surface area contributed by atoms with Crippen LogP contribution in [0, 0.1) is 0 Å². The summed E-state index contributed by atoms with van der Waals surface area (Å²) in [7, 11) is 3.94. The summed E-state index contributed by atoms with van der Waals surface area (Å²) < 4.78 is 5.30. The van der Waals surface area contributed by atoms with E-state index in [0.717, 1.165) is 6.54 Å². The Morgan fingerprint density at radius 2 is 2.33 bits per heavy atom. The van der Waals surface area contributed by atoms with Crippen molar-refractivity contribution in [2.24, 2.45) is 4.99 Å². The van der Waals surface area contributed by atoms with E-state index in [-0.39, 0.29) is 11.9 Å². The Morgan fingerprint density at radius 1 is 1.56 bits per heavy atom. The first-order valence-electron chi connectivity index (χ1n) is 5.80. The molecule has 100 valence electrons. The third-order valence-corrected chi connectivity index (χ3v) is 2.92. The molecule has 0 fully saturated rings. The van der Waals surface area contributed by atoms with Crippen molar-refractivity contribution in [1.82, 2.24) is 10.2 Å². The highest BCUT2D eigenvalue weighted by atomic mass is 32.1. The van der Waals surface area contributed by atoms with Crippen molar-refractivity contribution in [3.05, 3.63) is 22.4 Å². The number of hydrogen-bond acceptors (Lipinski definition) is 5. The highest BCUT2D eigenvalue weighted by molar-refractivity contribution is 7.12. The Bertz CT molecular complexity index is 388. The minimum Gasteiger partial charge on any atom is -0.465 e. The second-order valence-electron chi connectivity index (χ2n) is 3.85. The second-order valence-corrected chi connectivity index (χ2v) is 4.80. The number of thiophene rings is 1. The zero-order valence-electron chi connectivity index (χ0n) is 11.0. The maximum atomic E-state index is 11.8. The molecule has 0 aliphatic heterocycles. The number of rotatable bonds is 5. The van der Waals surface area contributed by atoms with Crippen LogP contribution in [0.2, 0.25) is 0 Å². The van der Waals surface area contributed by atoms with Crippen molar-refractivity contribution in [2.45, 2.75) is 6.92 Å². The number of hydrogen-bond donors (Lipinski definition) is 1.